The number of amides is 1. The summed E-state index contributed by atoms with van der Waals surface area (Å²) in [5, 5.41) is 0. The fourth-order valence-corrected chi connectivity index (χ4v) is 6.10. The third-order valence-electron chi connectivity index (χ3n) is 9.24. The van der Waals surface area contributed by atoms with Crippen molar-refractivity contribution in [1.29, 1.82) is 0 Å². The number of carbonyl (C=O) groups excluding carboxylic acids is 3. The van der Waals surface area contributed by atoms with E-state index in [1.165, 1.54) is 89.9 Å². The molecule has 0 heterocycles. The lowest BCUT2D eigenvalue weighted by atomic mass is 9.95. The van der Waals surface area contributed by atoms with Gasteiger partial charge in [0.1, 0.15) is 13.2 Å². The zero-order chi connectivity index (χ0) is 34.3. The quantitative estimate of drug-likeness (QED) is 0.0562. The van der Waals surface area contributed by atoms with Gasteiger partial charge in [-0.1, -0.05) is 156 Å². The zero-order valence-corrected chi connectivity index (χ0v) is 31.2. The Balaban J connectivity index is 4.73. The van der Waals surface area contributed by atoms with E-state index in [2.05, 4.69) is 33.4 Å². The van der Waals surface area contributed by atoms with E-state index < -0.39 is 6.04 Å². The van der Waals surface area contributed by atoms with Gasteiger partial charge in [-0.3, -0.25) is 14.4 Å². The van der Waals surface area contributed by atoms with Crippen LogP contribution in [0, 0.1) is 11.8 Å². The molecule has 0 saturated heterocycles. The Hall–Kier alpha value is -1.63. The zero-order valence-electron chi connectivity index (χ0n) is 31.2. The molecule has 7 nitrogen and oxygen atoms in total. The molecule has 0 aliphatic rings. The molecule has 0 aromatic rings. The van der Waals surface area contributed by atoms with E-state index in [1.54, 1.807) is 11.8 Å². The van der Waals surface area contributed by atoms with E-state index in [0.29, 0.717) is 0 Å². The topological polar surface area (TPSA) is 101 Å². The molecule has 0 aliphatic heterocycles. The minimum Gasteiger partial charge on any atom is -0.464 e. The minimum atomic E-state index is -0.426. The Morgan fingerprint density at radius 2 is 0.804 bits per heavy atom. The number of ether oxygens (including phenoxy) is 2. The smallest absolute Gasteiger partial charge is 0.308 e. The summed E-state index contributed by atoms with van der Waals surface area (Å²) in [7, 11) is 0. The van der Waals surface area contributed by atoms with Crippen molar-refractivity contribution in [2.45, 2.75) is 195 Å². The molecule has 3 N–H and O–H groups in total. The van der Waals surface area contributed by atoms with E-state index in [1.807, 2.05) is 0 Å². The van der Waals surface area contributed by atoms with Crippen molar-refractivity contribution in [3.05, 3.63) is 0 Å². The Kier molecular flexibility index (Phi) is 30.8. The monoisotopic (exact) mass is 654 g/mol. The molecular weight excluding hydrogens is 576 g/mol. The highest BCUT2D eigenvalue weighted by Gasteiger charge is 2.24. The van der Waals surface area contributed by atoms with Crippen LogP contribution in [0.3, 0.4) is 0 Å². The van der Waals surface area contributed by atoms with Crippen molar-refractivity contribution < 1.29 is 29.6 Å². The Labute approximate surface area is 284 Å². The number of quaternary nitrogens is 1. The number of carbonyl (C=O) groups is 3. The molecule has 0 rings (SSSR count). The third-order valence-corrected chi connectivity index (χ3v) is 9.24. The fraction of sp³-hybridized carbons (Fsp3) is 0.923. The van der Waals surface area contributed by atoms with Crippen molar-refractivity contribution in [1.82, 2.24) is 4.90 Å². The van der Waals surface area contributed by atoms with E-state index >= 15 is 0 Å². The second-order valence-corrected chi connectivity index (χ2v) is 13.8. The van der Waals surface area contributed by atoms with Gasteiger partial charge in [-0.25, -0.2) is 0 Å². The van der Waals surface area contributed by atoms with Crippen LogP contribution in [0.5, 0.6) is 0 Å². The lowest BCUT2D eigenvalue weighted by Crippen LogP contribution is -2.66. The van der Waals surface area contributed by atoms with Crippen LogP contribution in [0.1, 0.15) is 189 Å². The average molecular weight is 654 g/mol. The van der Waals surface area contributed by atoms with Crippen molar-refractivity contribution in [3.8, 4) is 0 Å². The van der Waals surface area contributed by atoms with Gasteiger partial charge in [-0.2, -0.15) is 0 Å². The fourth-order valence-electron chi connectivity index (χ4n) is 6.10. The van der Waals surface area contributed by atoms with Crippen molar-refractivity contribution >= 4 is 17.8 Å². The molecule has 0 aliphatic carbocycles. The van der Waals surface area contributed by atoms with E-state index in [9.17, 15) is 14.4 Å². The van der Waals surface area contributed by atoms with E-state index in [-0.39, 0.29) is 56.0 Å². The molecular formula is C39H77N2O5+. The maximum atomic E-state index is 13.0. The van der Waals surface area contributed by atoms with Crippen LogP contribution in [0.15, 0.2) is 0 Å². The lowest BCUT2D eigenvalue weighted by molar-refractivity contribution is -0.400. The lowest BCUT2D eigenvalue weighted by Gasteiger charge is -2.24. The molecule has 0 fully saturated rings. The van der Waals surface area contributed by atoms with Gasteiger partial charge >= 0.3 is 11.9 Å². The maximum absolute atomic E-state index is 13.0. The molecule has 0 saturated carbocycles. The van der Waals surface area contributed by atoms with Crippen LogP contribution in [0.4, 0.5) is 0 Å². The average Bonchev–Trinajstić information content (AvgIpc) is 3.04. The van der Waals surface area contributed by atoms with Gasteiger partial charge in [0.25, 0.3) is 5.91 Å². The predicted molar refractivity (Wildman–Crippen MR) is 191 cm³/mol. The number of nitrogens with zero attached hydrogens (tertiary/aromatic N) is 1. The molecule has 0 aromatic carbocycles. The number of hydrogen-bond donors (Lipinski definition) is 1. The van der Waals surface area contributed by atoms with Gasteiger partial charge in [-0.15, -0.1) is 0 Å². The molecule has 272 valence electrons. The molecule has 0 bridgehead atoms. The van der Waals surface area contributed by atoms with Crippen molar-refractivity contribution in [2.24, 2.45) is 11.8 Å². The molecule has 1 amide bonds. The second-order valence-electron chi connectivity index (χ2n) is 13.8. The summed E-state index contributed by atoms with van der Waals surface area (Å²) in [6.07, 6.45) is 27.6. The van der Waals surface area contributed by atoms with Crippen LogP contribution in [-0.2, 0) is 23.9 Å². The first-order valence-corrected chi connectivity index (χ1v) is 19.8. The predicted octanol–water partition coefficient (Wildman–Crippen LogP) is 9.21. The molecule has 7 heteroatoms. The van der Waals surface area contributed by atoms with Crippen LogP contribution in [-0.4, -0.2) is 55.1 Å². The summed E-state index contributed by atoms with van der Waals surface area (Å²) in [5.41, 5.74) is 3.90. The van der Waals surface area contributed by atoms with Crippen LogP contribution in [0.2, 0.25) is 0 Å². The molecule has 0 aromatic heterocycles. The number of esters is 2. The number of hydrogen-bond acceptors (Lipinski definition) is 5. The molecule has 0 radical (unpaired) electrons. The number of unbranched alkanes of at least 4 members (excludes halogenated alkanes) is 16. The maximum Gasteiger partial charge on any atom is 0.308 e. The Bertz CT molecular complexity index is 679. The molecule has 3 atom stereocenters. The SMILES string of the molecule is CCCCCCCCCCC(CCCC)C(=O)OCCN(CCOC(=O)C(CCCC)CCCCCCCCCC)C(=O)C(C)[NH3+]. The normalized spacial score (nSPS) is 13.3. The van der Waals surface area contributed by atoms with E-state index in [4.69, 9.17) is 9.47 Å². The van der Waals surface area contributed by atoms with E-state index in [0.717, 1.165) is 64.2 Å². The highest BCUT2D eigenvalue weighted by Crippen LogP contribution is 2.21. The standard InChI is InChI=1S/C39H76N2O5/c1-6-10-14-16-18-20-22-24-28-35(26-12-8-3)38(43)45-32-30-41(37(42)34(5)40)31-33-46-39(44)36(27-13-9-4)29-25-23-21-19-17-15-11-7-2/h34-36H,6-33,40H2,1-5H3/p+1. The molecule has 0 spiro atoms. The number of rotatable bonds is 33. The summed E-state index contributed by atoms with van der Waals surface area (Å²) < 4.78 is 11.4. The minimum absolute atomic E-state index is 0.0713. The Morgan fingerprint density at radius 3 is 1.13 bits per heavy atom. The van der Waals surface area contributed by atoms with Crippen molar-refractivity contribution in [2.75, 3.05) is 26.3 Å². The first-order valence-electron chi connectivity index (χ1n) is 19.8. The molecule has 3 unspecified atom stereocenters. The van der Waals surface area contributed by atoms with Crippen molar-refractivity contribution in [3.63, 3.8) is 0 Å². The molecule has 46 heavy (non-hydrogen) atoms. The Morgan fingerprint density at radius 1 is 0.500 bits per heavy atom. The first kappa shape index (κ1) is 44.4. The first-order chi connectivity index (χ1) is 22.3. The van der Waals surface area contributed by atoms with Gasteiger partial charge in [0.15, 0.2) is 6.04 Å². The third kappa shape index (κ3) is 24.5. The van der Waals surface area contributed by atoms with Crippen LogP contribution >= 0.6 is 0 Å². The summed E-state index contributed by atoms with van der Waals surface area (Å²) >= 11 is 0. The summed E-state index contributed by atoms with van der Waals surface area (Å²) in [6, 6.07) is -0.426. The van der Waals surface area contributed by atoms with Gasteiger partial charge < -0.3 is 20.1 Å². The summed E-state index contributed by atoms with van der Waals surface area (Å²) in [6.45, 7) is 11.4. The van der Waals surface area contributed by atoms with Crippen LogP contribution in [0.25, 0.3) is 0 Å². The highest BCUT2D eigenvalue weighted by molar-refractivity contribution is 5.80. The summed E-state index contributed by atoms with van der Waals surface area (Å²) in [5.74, 6) is -0.540. The van der Waals surface area contributed by atoms with Gasteiger partial charge in [-0.05, 0) is 32.6 Å². The summed E-state index contributed by atoms with van der Waals surface area (Å²) in [4.78, 5) is 40.6. The largest absolute Gasteiger partial charge is 0.464 e. The highest BCUT2D eigenvalue weighted by atomic mass is 16.5. The van der Waals surface area contributed by atoms with Gasteiger partial charge in [0.2, 0.25) is 0 Å². The van der Waals surface area contributed by atoms with Gasteiger partial charge in [0.05, 0.1) is 24.9 Å². The van der Waals surface area contributed by atoms with Gasteiger partial charge in [0, 0.05) is 0 Å². The second kappa shape index (κ2) is 31.9. The van der Waals surface area contributed by atoms with Crippen LogP contribution < -0.4 is 5.73 Å².